The van der Waals surface area contributed by atoms with Gasteiger partial charge < -0.3 is 16.2 Å². The lowest BCUT2D eigenvalue weighted by Crippen LogP contribution is -2.31. The highest BCUT2D eigenvalue weighted by atomic mass is 16.3. The smallest absolute Gasteiger partial charge is 0.234 e. The third-order valence-corrected chi connectivity index (χ3v) is 3.19. The van der Waals surface area contributed by atoms with Crippen molar-refractivity contribution in [1.82, 2.24) is 0 Å². The molecule has 1 unspecified atom stereocenters. The molecule has 1 aliphatic rings. The van der Waals surface area contributed by atoms with Gasteiger partial charge in [0.2, 0.25) is 5.91 Å². The molecule has 0 saturated heterocycles. The molecule has 0 spiro atoms. The number of hydrogen-bond donors (Lipinski definition) is 3. The van der Waals surface area contributed by atoms with Crippen LogP contribution in [0.15, 0.2) is 18.2 Å². The summed E-state index contributed by atoms with van der Waals surface area (Å²) in [6.45, 7) is 5.81. The van der Waals surface area contributed by atoms with E-state index in [4.69, 9.17) is 10.8 Å². The number of fused-ring (bicyclic) bond motifs is 1. The summed E-state index contributed by atoms with van der Waals surface area (Å²) in [7, 11) is 0. The molecule has 1 amide bonds. The first-order valence-electron chi connectivity index (χ1n) is 6.40. The van der Waals surface area contributed by atoms with Crippen molar-refractivity contribution < 1.29 is 9.90 Å². The molecule has 0 radical (unpaired) electrons. The van der Waals surface area contributed by atoms with Gasteiger partial charge in [0.15, 0.2) is 0 Å². The molecule has 2 rings (SSSR count). The summed E-state index contributed by atoms with van der Waals surface area (Å²) in [6, 6.07) is 7.82. The lowest BCUT2D eigenvalue weighted by molar-refractivity contribution is -0.120. The molecule has 4 nitrogen and oxygen atoms in total. The van der Waals surface area contributed by atoms with Crippen LogP contribution in [0.25, 0.3) is 0 Å². The molecule has 1 atom stereocenters. The molecule has 1 heterocycles. The molecule has 0 aromatic heterocycles. The van der Waals surface area contributed by atoms with Crippen molar-refractivity contribution >= 4 is 11.6 Å². The van der Waals surface area contributed by atoms with Crippen LogP contribution in [0.5, 0.6) is 0 Å². The molecule has 0 bridgehead atoms. The first-order chi connectivity index (χ1) is 9.11. The van der Waals surface area contributed by atoms with Crippen molar-refractivity contribution in [3.63, 3.8) is 0 Å². The highest BCUT2D eigenvalue weighted by Crippen LogP contribution is 2.40. The maximum atomic E-state index is 11.9. The van der Waals surface area contributed by atoms with Crippen molar-refractivity contribution in [3.05, 3.63) is 29.3 Å². The molecule has 0 fully saturated rings. The largest absolute Gasteiger partial charge is 0.396 e. The Labute approximate surface area is 114 Å². The average molecular weight is 260 g/mol. The third-order valence-electron chi connectivity index (χ3n) is 3.19. The number of nitrogens with two attached hydrogens (primary N) is 1. The van der Waals surface area contributed by atoms with Crippen LogP contribution in [0.2, 0.25) is 0 Å². The van der Waals surface area contributed by atoms with Crippen LogP contribution in [0, 0.1) is 12.0 Å². The predicted octanol–water partition coefficient (Wildman–Crippen LogP) is 1.57. The maximum Gasteiger partial charge on any atom is 0.234 e. The van der Waals surface area contributed by atoms with Gasteiger partial charge in [-0.3, -0.25) is 4.79 Å². The van der Waals surface area contributed by atoms with E-state index in [0.717, 1.165) is 16.8 Å². The molecule has 1 aromatic rings. The fraction of sp³-hybridized carbons (Fsp3) is 0.400. The molecular weight excluding hydrogens is 240 g/mol. The van der Waals surface area contributed by atoms with E-state index >= 15 is 0 Å². The molecule has 0 aliphatic carbocycles. The molecule has 1 aliphatic heterocycles. The number of rotatable bonds is 2. The Morgan fingerprint density at radius 3 is 2.68 bits per heavy atom. The maximum absolute atomic E-state index is 11.9. The minimum absolute atomic E-state index is 0.0201. The fourth-order valence-corrected chi connectivity index (χ4v) is 2.14. The van der Waals surface area contributed by atoms with Gasteiger partial charge in [-0.2, -0.15) is 0 Å². The monoisotopic (exact) mass is 260 g/mol. The predicted molar refractivity (Wildman–Crippen MR) is 76.5 cm³/mol. The number of anilines is 1. The molecule has 19 heavy (non-hydrogen) atoms. The Balaban J connectivity index is 0.000000861. The summed E-state index contributed by atoms with van der Waals surface area (Å²) in [5.74, 6) is 2.65. The molecule has 1 aromatic carbocycles. The Morgan fingerprint density at radius 2 is 2.11 bits per heavy atom. The highest BCUT2D eigenvalue weighted by Gasteiger charge is 2.41. The second-order valence-corrected chi connectivity index (χ2v) is 4.29. The zero-order chi connectivity index (χ0) is 14.5. The van der Waals surface area contributed by atoms with Gasteiger partial charge in [-0.05, 0) is 37.0 Å². The number of carbonyl (C=O) groups excluding carboxylic acids is 1. The summed E-state index contributed by atoms with van der Waals surface area (Å²) in [5.41, 5.74) is 6.92. The molecular formula is C15H20N2O2. The van der Waals surface area contributed by atoms with Crippen LogP contribution < -0.4 is 11.1 Å². The zero-order valence-electron chi connectivity index (χ0n) is 11.6. The van der Waals surface area contributed by atoms with E-state index in [1.807, 2.05) is 32.9 Å². The van der Waals surface area contributed by atoms with E-state index in [1.165, 1.54) is 0 Å². The number of aliphatic hydroxyl groups is 1. The van der Waals surface area contributed by atoms with E-state index in [9.17, 15) is 4.79 Å². The van der Waals surface area contributed by atoms with Crippen molar-refractivity contribution in [2.24, 2.45) is 5.73 Å². The van der Waals surface area contributed by atoms with Gasteiger partial charge in [-0.25, -0.2) is 0 Å². The van der Waals surface area contributed by atoms with Crippen LogP contribution in [0.1, 0.15) is 38.3 Å². The van der Waals surface area contributed by atoms with E-state index in [1.54, 1.807) is 6.07 Å². The minimum atomic E-state index is -0.654. The van der Waals surface area contributed by atoms with Gasteiger partial charge in [-0.15, -0.1) is 0 Å². The molecule has 0 saturated carbocycles. The topological polar surface area (TPSA) is 75.3 Å². The molecule has 4 heteroatoms. The summed E-state index contributed by atoms with van der Waals surface area (Å²) >= 11 is 0. The van der Waals surface area contributed by atoms with Crippen LogP contribution in [-0.4, -0.2) is 17.6 Å². The second-order valence-electron chi connectivity index (χ2n) is 4.29. The third kappa shape index (κ3) is 2.72. The molecule has 4 N–H and O–H groups in total. The van der Waals surface area contributed by atoms with Crippen LogP contribution in [-0.2, 0) is 10.2 Å². The first kappa shape index (κ1) is 15.1. The van der Waals surface area contributed by atoms with Gasteiger partial charge in [-0.1, -0.05) is 19.9 Å². The fourth-order valence-electron chi connectivity index (χ4n) is 2.14. The number of amides is 1. The summed E-state index contributed by atoms with van der Waals surface area (Å²) < 4.78 is 0. The zero-order valence-corrected chi connectivity index (χ0v) is 11.6. The average Bonchev–Trinajstić information content (AvgIpc) is 2.64. The van der Waals surface area contributed by atoms with Crippen LogP contribution >= 0.6 is 0 Å². The Hall–Kier alpha value is -1.99. The van der Waals surface area contributed by atoms with Gasteiger partial charge >= 0.3 is 0 Å². The van der Waals surface area contributed by atoms with Gasteiger partial charge in [0.25, 0.3) is 0 Å². The number of nitrogens with one attached hydrogen (secondary N) is 1. The Bertz CT molecular complexity index is 529. The van der Waals surface area contributed by atoms with Gasteiger partial charge in [0.05, 0.1) is 5.41 Å². The van der Waals surface area contributed by atoms with E-state index in [2.05, 4.69) is 17.3 Å². The van der Waals surface area contributed by atoms with E-state index in [0.29, 0.717) is 6.42 Å². The lowest BCUT2D eigenvalue weighted by Gasteiger charge is -2.20. The van der Waals surface area contributed by atoms with Crippen molar-refractivity contribution in [2.75, 3.05) is 11.9 Å². The summed E-state index contributed by atoms with van der Waals surface area (Å²) in [5, 5.41) is 11.9. The molecule has 102 valence electrons. The first-order valence-corrected chi connectivity index (χ1v) is 6.40. The van der Waals surface area contributed by atoms with E-state index in [-0.39, 0.29) is 12.5 Å². The van der Waals surface area contributed by atoms with E-state index < -0.39 is 5.41 Å². The summed E-state index contributed by atoms with van der Waals surface area (Å²) in [6.07, 6.45) is 0.410. The van der Waals surface area contributed by atoms with Crippen molar-refractivity contribution in [2.45, 2.75) is 32.6 Å². The number of aliphatic hydroxyl groups excluding tert-OH is 1. The minimum Gasteiger partial charge on any atom is -0.396 e. The lowest BCUT2D eigenvalue weighted by atomic mass is 9.81. The SMILES string of the molecule is CC.CC1(CCO)C(=O)Nc2cc(C#CN)ccc21. The van der Waals surface area contributed by atoms with Gasteiger partial charge in [0, 0.05) is 23.9 Å². The van der Waals surface area contributed by atoms with Crippen LogP contribution in [0.3, 0.4) is 0 Å². The Kier molecular flexibility index (Phi) is 4.96. The standard InChI is InChI=1S/C13H14N2O2.C2H6/c1-13(5-7-16)10-3-2-9(4-6-14)8-11(10)15-12(13)17;1-2/h2-3,8,16H,5,7,14H2,1H3,(H,15,17);1-2H3. The number of benzene rings is 1. The van der Waals surface area contributed by atoms with Crippen molar-refractivity contribution in [1.29, 1.82) is 0 Å². The number of carbonyl (C=O) groups is 1. The Morgan fingerprint density at radius 1 is 1.42 bits per heavy atom. The summed E-state index contributed by atoms with van der Waals surface area (Å²) in [4.78, 5) is 11.9. The van der Waals surface area contributed by atoms with Crippen LogP contribution in [0.4, 0.5) is 5.69 Å². The number of hydrogen-bond acceptors (Lipinski definition) is 3. The normalized spacial score (nSPS) is 19.5. The quantitative estimate of drug-likeness (QED) is 0.558. The second kappa shape index (κ2) is 6.26. The van der Waals surface area contributed by atoms with Gasteiger partial charge in [0.1, 0.15) is 0 Å². The van der Waals surface area contributed by atoms with Crippen molar-refractivity contribution in [3.8, 4) is 12.0 Å². The highest BCUT2D eigenvalue weighted by molar-refractivity contribution is 6.06.